The third-order valence-electron chi connectivity index (χ3n) is 6.34. The first-order chi connectivity index (χ1) is 18.7. The van der Waals surface area contributed by atoms with Crippen molar-refractivity contribution in [3.05, 3.63) is 96.1 Å². The molecule has 1 N–H and O–H groups in total. The van der Waals surface area contributed by atoms with Gasteiger partial charge in [0.1, 0.15) is 18.3 Å². The number of methoxy groups -OCH3 is 1. The van der Waals surface area contributed by atoms with E-state index >= 15 is 0 Å². The SMILES string of the molecule is CCCCNC(=O)C(Cc1ccccc1)N(Cc1ccccc1)C(=O)CN(c1ccc(OC)cc1)S(C)(=O)=O. The van der Waals surface area contributed by atoms with Crippen LogP contribution in [0.1, 0.15) is 30.9 Å². The van der Waals surface area contributed by atoms with Crippen LogP contribution in [0.3, 0.4) is 0 Å². The quantitative estimate of drug-likeness (QED) is 0.306. The summed E-state index contributed by atoms with van der Waals surface area (Å²) in [6, 6.07) is 24.5. The Morgan fingerprint density at radius 3 is 2.03 bits per heavy atom. The molecule has 1 atom stereocenters. The average Bonchev–Trinajstić information content (AvgIpc) is 2.94. The predicted octanol–water partition coefficient (Wildman–Crippen LogP) is 4.02. The van der Waals surface area contributed by atoms with Crippen LogP contribution in [-0.2, 0) is 32.6 Å². The number of anilines is 1. The molecule has 208 valence electrons. The maximum absolute atomic E-state index is 14.0. The van der Waals surface area contributed by atoms with Gasteiger partial charge in [-0.25, -0.2) is 8.42 Å². The smallest absolute Gasteiger partial charge is 0.244 e. The first-order valence-electron chi connectivity index (χ1n) is 13.0. The number of benzene rings is 3. The predicted molar refractivity (Wildman–Crippen MR) is 154 cm³/mol. The molecule has 0 aliphatic carbocycles. The van der Waals surface area contributed by atoms with Gasteiger partial charge in [0.25, 0.3) is 0 Å². The van der Waals surface area contributed by atoms with Gasteiger partial charge in [0.2, 0.25) is 21.8 Å². The van der Waals surface area contributed by atoms with Crippen LogP contribution in [0, 0.1) is 0 Å². The molecule has 1 unspecified atom stereocenters. The summed E-state index contributed by atoms with van der Waals surface area (Å²) in [6.45, 7) is 2.23. The fraction of sp³-hybridized carbons (Fsp3) is 0.333. The summed E-state index contributed by atoms with van der Waals surface area (Å²) in [5.41, 5.74) is 2.06. The number of rotatable bonds is 14. The van der Waals surface area contributed by atoms with Crippen LogP contribution >= 0.6 is 0 Å². The lowest BCUT2D eigenvalue weighted by Gasteiger charge is -2.33. The topological polar surface area (TPSA) is 96.0 Å². The average molecular weight is 552 g/mol. The Morgan fingerprint density at radius 2 is 1.49 bits per heavy atom. The highest BCUT2D eigenvalue weighted by atomic mass is 32.2. The Bertz CT molecular complexity index is 1300. The van der Waals surface area contributed by atoms with Crippen LogP contribution in [-0.4, -0.2) is 57.6 Å². The van der Waals surface area contributed by atoms with Crippen LogP contribution < -0.4 is 14.4 Å². The standard InChI is InChI=1S/C30H37N3O5S/c1-4-5-20-31-30(35)28(21-24-12-8-6-9-13-24)32(22-25-14-10-7-11-15-25)29(34)23-33(39(3,36)37)26-16-18-27(38-2)19-17-26/h6-19,28H,4-5,20-23H2,1-3H3,(H,31,35). The molecule has 3 aromatic carbocycles. The number of hydrogen-bond acceptors (Lipinski definition) is 5. The molecular weight excluding hydrogens is 514 g/mol. The summed E-state index contributed by atoms with van der Waals surface area (Å²) in [6.07, 6.45) is 3.08. The van der Waals surface area contributed by atoms with Gasteiger partial charge in [-0.05, 0) is 41.8 Å². The second-order valence-corrected chi connectivity index (χ2v) is 11.2. The van der Waals surface area contributed by atoms with Crippen molar-refractivity contribution in [3.63, 3.8) is 0 Å². The third-order valence-corrected chi connectivity index (χ3v) is 7.48. The van der Waals surface area contributed by atoms with Crippen molar-refractivity contribution < 1.29 is 22.7 Å². The minimum atomic E-state index is -3.82. The zero-order chi connectivity index (χ0) is 28.3. The number of amides is 2. The van der Waals surface area contributed by atoms with E-state index in [9.17, 15) is 18.0 Å². The molecule has 0 bridgehead atoms. The van der Waals surface area contributed by atoms with Crippen molar-refractivity contribution in [2.75, 3.05) is 30.8 Å². The van der Waals surface area contributed by atoms with Gasteiger partial charge in [-0.2, -0.15) is 0 Å². The number of nitrogens with zero attached hydrogens (tertiary/aromatic N) is 2. The van der Waals surface area contributed by atoms with Crippen molar-refractivity contribution in [2.24, 2.45) is 0 Å². The van der Waals surface area contributed by atoms with Crippen molar-refractivity contribution in [1.82, 2.24) is 10.2 Å². The number of carbonyl (C=O) groups excluding carboxylic acids is 2. The molecule has 0 saturated heterocycles. The van der Waals surface area contributed by atoms with E-state index in [0.717, 1.165) is 34.5 Å². The number of sulfonamides is 1. The molecule has 0 spiro atoms. The third kappa shape index (κ3) is 8.85. The van der Waals surface area contributed by atoms with Crippen molar-refractivity contribution in [2.45, 2.75) is 38.8 Å². The highest BCUT2D eigenvalue weighted by molar-refractivity contribution is 7.92. The zero-order valence-corrected chi connectivity index (χ0v) is 23.6. The molecule has 3 aromatic rings. The summed E-state index contributed by atoms with van der Waals surface area (Å²) in [7, 11) is -2.30. The van der Waals surface area contributed by atoms with Gasteiger partial charge >= 0.3 is 0 Å². The molecule has 0 saturated carbocycles. The van der Waals surface area contributed by atoms with Crippen LogP contribution in [0.4, 0.5) is 5.69 Å². The van der Waals surface area contributed by atoms with E-state index in [1.807, 2.05) is 67.6 Å². The fourth-order valence-corrected chi connectivity index (χ4v) is 5.05. The van der Waals surface area contributed by atoms with Gasteiger partial charge in [0.05, 0.1) is 19.1 Å². The second kappa shape index (κ2) is 14.3. The highest BCUT2D eigenvalue weighted by Gasteiger charge is 2.32. The minimum absolute atomic E-state index is 0.151. The van der Waals surface area contributed by atoms with Gasteiger partial charge in [0.15, 0.2) is 0 Å². The van der Waals surface area contributed by atoms with E-state index in [2.05, 4.69) is 5.32 Å². The Morgan fingerprint density at radius 1 is 0.897 bits per heavy atom. The lowest BCUT2D eigenvalue weighted by Crippen LogP contribution is -2.53. The maximum atomic E-state index is 14.0. The van der Waals surface area contributed by atoms with Crippen LogP contribution in [0.15, 0.2) is 84.9 Å². The van der Waals surface area contributed by atoms with Crippen molar-refractivity contribution in [3.8, 4) is 5.75 Å². The summed E-state index contributed by atoms with van der Waals surface area (Å²) in [5.74, 6) is -0.186. The molecule has 3 rings (SSSR count). The number of ether oxygens (including phenoxy) is 1. The Labute approximate surface area is 231 Å². The first-order valence-corrected chi connectivity index (χ1v) is 14.8. The van der Waals surface area contributed by atoms with Gasteiger partial charge in [-0.15, -0.1) is 0 Å². The highest BCUT2D eigenvalue weighted by Crippen LogP contribution is 2.23. The maximum Gasteiger partial charge on any atom is 0.244 e. The molecule has 39 heavy (non-hydrogen) atoms. The van der Waals surface area contributed by atoms with Gasteiger partial charge in [0, 0.05) is 19.5 Å². The minimum Gasteiger partial charge on any atom is -0.497 e. The zero-order valence-electron chi connectivity index (χ0n) is 22.7. The van der Waals surface area contributed by atoms with E-state index in [0.29, 0.717) is 24.4 Å². The van der Waals surface area contributed by atoms with Gasteiger partial charge in [-0.1, -0.05) is 74.0 Å². The molecule has 0 aliphatic rings. The van der Waals surface area contributed by atoms with E-state index in [1.165, 1.54) is 12.0 Å². The van der Waals surface area contributed by atoms with Gasteiger partial charge < -0.3 is 15.0 Å². The number of carbonyl (C=O) groups is 2. The van der Waals surface area contributed by atoms with Gasteiger partial charge in [-0.3, -0.25) is 13.9 Å². The molecule has 0 fully saturated rings. The van der Waals surface area contributed by atoms with E-state index in [-0.39, 0.29) is 12.5 Å². The summed E-state index contributed by atoms with van der Waals surface area (Å²) >= 11 is 0. The fourth-order valence-electron chi connectivity index (χ4n) is 4.20. The Balaban J connectivity index is 2.00. The van der Waals surface area contributed by atoms with E-state index in [4.69, 9.17) is 4.74 Å². The lowest BCUT2D eigenvalue weighted by atomic mass is 10.0. The van der Waals surface area contributed by atoms with E-state index in [1.54, 1.807) is 24.3 Å². The summed E-state index contributed by atoms with van der Waals surface area (Å²) in [5, 5.41) is 2.97. The number of nitrogens with one attached hydrogen (secondary N) is 1. The molecule has 0 aliphatic heterocycles. The Kier molecular flexibility index (Phi) is 10.9. The van der Waals surface area contributed by atoms with Crippen LogP contribution in [0.2, 0.25) is 0 Å². The molecule has 8 nitrogen and oxygen atoms in total. The van der Waals surface area contributed by atoms with E-state index < -0.39 is 28.5 Å². The molecule has 2 amide bonds. The normalized spacial score (nSPS) is 11.9. The van der Waals surface area contributed by atoms with Crippen molar-refractivity contribution >= 4 is 27.5 Å². The monoisotopic (exact) mass is 551 g/mol. The first kappa shape index (κ1) is 29.7. The second-order valence-electron chi connectivity index (χ2n) is 9.32. The molecule has 0 aromatic heterocycles. The van der Waals surface area contributed by atoms with Crippen LogP contribution in [0.5, 0.6) is 5.75 Å². The van der Waals surface area contributed by atoms with Crippen molar-refractivity contribution in [1.29, 1.82) is 0 Å². The molecular formula is C30H37N3O5S. The van der Waals surface area contributed by atoms with Crippen LogP contribution in [0.25, 0.3) is 0 Å². The molecule has 0 radical (unpaired) electrons. The molecule has 9 heteroatoms. The lowest BCUT2D eigenvalue weighted by molar-refractivity contribution is -0.140. The summed E-state index contributed by atoms with van der Waals surface area (Å²) < 4.78 is 31.9. The Hall–Kier alpha value is -3.85. The molecule has 0 heterocycles. The summed E-state index contributed by atoms with van der Waals surface area (Å²) in [4.78, 5) is 29.0. The number of hydrogen-bond donors (Lipinski definition) is 1. The number of unbranched alkanes of at least 4 members (excludes halogenated alkanes) is 1. The largest absolute Gasteiger partial charge is 0.497 e.